The van der Waals surface area contributed by atoms with Crippen LogP contribution < -0.4 is 5.32 Å². The van der Waals surface area contributed by atoms with Crippen molar-refractivity contribution in [2.45, 2.75) is 26.3 Å². The standard InChI is InChI=1S/C16H20BrNO5/c1-10(2)8-13(16(21)22-3)18-14(19)9-23-15(20)11-6-4-5-7-12(11)17/h4-7,10,13H,8-9H2,1-3H3,(H,18,19). The molecule has 0 aliphatic carbocycles. The second kappa shape index (κ2) is 9.29. The van der Waals surface area contributed by atoms with Crippen LogP contribution in [-0.4, -0.2) is 37.6 Å². The molecular formula is C16H20BrNO5. The third-order valence-electron chi connectivity index (χ3n) is 2.96. The predicted molar refractivity (Wildman–Crippen MR) is 87.8 cm³/mol. The second-order valence-electron chi connectivity index (χ2n) is 5.33. The SMILES string of the molecule is COC(=O)C(CC(C)C)NC(=O)COC(=O)c1ccccc1Br. The van der Waals surface area contributed by atoms with Gasteiger partial charge in [-0.3, -0.25) is 4.79 Å². The Hall–Kier alpha value is -1.89. The van der Waals surface area contributed by atoms with Gasteiger partial charge in [0.05, 0.1) is 12.7 Å². The van der Waals surface area contributed by atoms with Crippen LogP contribution in [-0.2, 0) is 19.1 Å². The largest absolute Gasteiger partial charge is 0.467 e. The molecular weight excluding hydrogens is 366 g/mol. The molecule has 6 nitrogen and oxygen atoms in total. The number of esters is 2. The summed E-state index contributed by atoms with van der Waals surface area (Å²) in [6.07, 6.45) is 0.441. The monoisotopic (exact) mass is 385 g/mol. The Balaban J connectivity index is 2.56. The smallest absolute Gasteiger partial charge is 0.339 e. The van der Waals surface area contributed by atoms with Crippen LogP contribution in [0.5, 0.6) is 0 Å². The number of halogens is 1. The summed E-state index contributed by atoms with van der Waals surface area (Å²) in [6, 6.07) is 5.99. The lowest BCUT2D eigenvalue weighted by Gasteiger charge is -2.18. The molecule has 1 rings (SSSR count). The average molecular weight is 386 g/mol. The molecule has 0 aliphatic heterocycles. The summed E-state index contributed by atoms with van der Waals surface area (Å²) in [6.45, 7) is 3.38. The molecule has 0 bridgehead atoms. The van der Waals surface area contributed by atoms with Gasteiger partial charge in [-0.25, -0.2) is 9.59 Å². The molecule has 0 heterocycles. The molecule has 126 valence electrons. The van der Waals surface area contributed by atoms with Crippen LogP contribution in [0.2, 0.25) is 0 Å². The van der Waals surface area contributed by atoms with E-state index in [1.54, 1.807) is 24.3 Å². The number of ether oxygens (including phenoxy) is 2. The molecule has 1 atom stereocenters. The Bertz CT molecular complexity index is 573. The van der Waals surface area contributed by atoms with E-state index in [0.29, 0.717) is 16.5 Å². The van der Waals surface area contributed by atoms with Crippen molar-refractivity contribution in [2.24, 2.45) is 5.92 Å². The first-order chi connectivity index (χ1) is 10.8. The zero-order valence-corrected chi connectivity index (χ0v) is 14.9. The van der Waals surface area contributed by atoms with E-state index in [0.717, 1.165) is 0 Å². The quantitative estimate of drug-likeness (QED) is 0.728. The highest BCUT2D eigenvalue weighted by atomic mass is 79.9. The highest BCUT2D eigenvalue weighted by molar-refractivity contribution is 9.10. The third-order valence-corrected chi connectivity index (χ3v) is 3.65. The molecule has 0 fully saturated rings. The van der Waals surface area contributed by atoms with E-state index in [1.165, 1.54) is 7.11 Å². The molecule has 1 aromatic carbocycles. The number of hydrogen-bond donors (Lipinski definition) is 1. The summed E-state index contributed by atoms with van der Waals surface area (Å²) < 4.78 is 10.2. The topological polar surface area (TPSA) is 81.7 Å². The van der Waals surface area contributed by atoms with Gasteiger partial charge in [-0.15, -0.1) is 0 Å². The van der Waals surface area contributed by atoms with Gasteiger partial charge in [0.2, 0.25) is 0 Å². The number of amides is 1. The summed E-state index contributed by atoms with van der Waals surface area (Å²) in [5.74, 6) is -1.50. The minimum absolute atomic E-state index is 0.197. The van der Waals surface area contributed by atoms with Gasteiger partial charge in [0.1, 0.15) is 6.04 Å². The fourth-order valence-electron chi connectivity index (χ4n) is 1.90. The lowest BCUT2D eigenvalue weighted by molar-refractivity contribution is -0.145. The van der Waals surface area contributed by atoms with Gasteiger partial charge >= 0.3 is 11.9 Å². The maximum Gasteiger partial charge on any atom is 0.339 e. The highest BCUT2D eigenvalue weighted by Crippen LogP contribution is 2.16. The number of benzene rings is 1. The van der Waals surface area contributed by atoms with Gasteiger partial charge in [-0.1, -0.05) is 26.0 Å². The van der Waals surface area contributed by atoms with E-state index in [9.17, 15) is 14.4 Å². The number of hydrogen-bond acceptors (Lipinski definition) is 5. The van der Waals surface area contributed by atoms with Crippen molar-refractivity contribution in [3.63, 3.8) is 0 Å². The Morgan fingerprint density at radius 2 is 1.87 bits per heavy atom. The van der Waals surface area contributed by atoms with E-state index < -0.39 is 30.5 Å². The minimum Gasteiger partial charge on any atom is -0.467 e. The maximum absolute atomic E-state index is 11.9. The number of carbonyl (C=O) groups is 3. The van der Waals surface area contributed by atoms with Crippen LogP contribution in [0.15, 0.2) is 28.7 Å². The minimum atomic E-state index is -0.755. The molecule has 0 saturated carbocycles. The van der Waals surface area contributed by atoms with Crippen LogP contribution in [0.1, 0.15) is 30.6 Å². The molecule has 1 unspecified atom stereocenters. The number of carbonyl (C=O) groups excluding carboxylic acids is 3. The van der Waals surface area contributed by atoms with Gasteiger partial charge in [-0.05, 0) is 40.4 Å². The zero-order valence-electron chi connectivity index (χ0n) is 13.3. The van der Waals surface area contributed by atoms with E-state index in [4.69, 9.17) is 4.74 Å². The van der Waals surface area contributed by atoms with Gasteiger partial charge in [0.15, 0.2) is 6.61 Å². The molecule has 1 N–H and O–H groups in total. The summed E-state index contributed by atoms with van der Waals surface area (Å²) in [4.78, 5) is 35.4. The Morgan fingerprint density at radius 3 is 2.43 bits per heavy atom. The van der Waals surface area contributed by atoms with Crippen LogP contribution in [0.25, 0.3) is 0 Å². The lowest BCUT2D eigenvalue weighted by atomic mass is 10.0. The molecule has 0 saturated heterocycles. The van der Waals surface area contributed by atoms with Crippen LogP contribution >= 0.6 is 15.9 Å². The number of methoxy groups -OCH3 is 1. The third kappa shape index (κ3) is 6.40. The maximum atomic E-state index is 11.9. The fourth-order valence-corrected chi connectivity index (χ4v) is 2.35. The van der Waals surface area contributed by atoms with Gasteiger partial charge in [0.25, 0.3) is 5.91 Å². The zero-order chi connectivity index (χ0) is 17.4. The van der Waals surface area contributed by atoms with Crippen LogP contribution in [0, 0.1) is 5.92 Å². The Labute approximate surface area is 143 Å². The summed E-state index contributed by atoms with van der Waals surface area (Å²) in [5.41, 5.74) is 0.326. The highest BCUT2D eigenvalue weighted by Gasteiger charge is 2.23. The lowest BCUT2D eigenvalue weighted by Crippen LogP contribution is -2.44. The van der Waals surface area contributed by atoms with Crippen molar-refractivity contribution in [1.29, 1.82) is 0 Å². The summed E-state index contributed by atoms with van der Waals surface area (Å²) in [7, 11) is 1.26. The molecule has 0 spiro atoms. The average Bonchev–Trinajstić information content (AvgIpc) is 2.51. The van der Waals surface area contributed by atoms with E-state index in [2.05, 4.69) is 26.0 Å². The van der Waals surface area contributed by atoms with E-state index >= 15 is 0 Å². The van der Waals surface area contributed by atoms with Crippen molar-refractivity contribution >= 4 is 33.8 Å². The normalized spacial score (nSPS) is 11.7. The second-order valence-corrected chi connectivity index (χ2v) is 6.18. The molecule has 0 radical (unpaired) electrons. The first kappa shape index (κ1) is 19.2. The Morgan fingerprint density at radius 1 is 1.22 bits per heavy atom. The van der Waals surface area contributed by atoms with Crippen molar-refractivity contribution in [2.75, 3.05) is 13.7 Å². The molecule has 1 aromatic rings. The summed E-state index contributed by atoms with van der Waals surface area (Å²) >= 11 is 3.24. The summed E-state index contributed by atoms with van der Waals surface area (Å²) in [5, 5.41) is 2.52. The number of nitrogens with one attached hydrogen (secondary N) is 1. The van der Waals surface area contributed by atoms with Crippen molar-refractivity contribution in [1.82, 2.24) is 5.32 Å². The van der Waals surface area contributed by atoms with Crippen molar-refractivity contribution < 1.29 is 23.9 Å². The fraction of sp³-hybridized carbons (Fsp3) is 0.438. The molecule has 0 aliphatic rings. The van der Waals surface area contributed by atoms with Crippen molar-refractivity contribution in [3.05, 3.63) is 34.3 Å². The molecule has 23 heavy (non-hydrogen) atoms. The van der Waals surface area contributed by atoms with Gasteiger partial charge < -0.3 is 14.8 Å². The first-order valence-corrected chi connectivity index (χ1v) is 7.93. The molecule has 7 heteroatoms. The Kier molecular flexibility index (Phi) is 7.74. The van der Waals surface area contributed by atoms with Gasteiger partial charge in [-0.2, -0.15) is 0 Å². The predicted octanol–water partition coefficient (Wildman–Crippen LogP) is 2.31. The first-order valence-electron chi connectivity index (χ1n) is 7.14. The molecule has 0 aromatic heterocycles. The van der Waals surface area contributed by atoms with E-state index in [-0.39, 0.29) is 5.92 Å². The van der Waals surface area contributed by atoms with Crippen LogP contribution in [0.4, 0.5) is 0 Å². The number of rotatable bonds is 7. The van der Waals surface area contributed by atoms with E-state index in [1.807, 2.05) is 13.8 Å². The van der Waals surface area contributed by atoms with Gasteiger partial charge in [0, 0.05) is 4.47 Å². The molecule has 1 amide bonds. The van der Waals surface area contributed by atoms with Crippen LogP contribution in [0.3, 0.4) is 0 Å². The van der Waals surface area contributed by atoms with Crippen molar-refractivity contribution in [3.8, 4) is 0 Å².